The lowest BCUT2D eigenvalue weighted by Gasteiger charge is -2.41. The van der Waals surface area contributed by atoms with E-state index in [1.54, 1.807) is 0 Å². The average Bonchev–Trinajstić information content (AvgIpc) is 2.41. The molecule has 1 aliphatic heterocycles. The minimum absolute atomic E-state index is 0.493. The molecule has 1 N–H and O–H groups in total. The van der Waals surface area contributed by atoms with Crippen LogP contribution in [0.4, 0.5) is 0 Å². The molecule has 2 rings (SSSR count). The highest BCUT2D eigenvalue weighted by Gasteiger charge is 2.32. The third kappa shape index (κ3) is 3.09. The van der Waals surface area contributed by atoms with Crippen molar-refractivity contribution in [2.45, 2.75) is 32.2 Å². The molecule has 1 fully saturated rings. The molecule has 0 saturated carbocycles. The second kappa shape index (κ2) is 6.86. The Morgan fingerprint density at radius 2 is 2.33 bits per heavy atom. The Kier molecular flexibility index (Phi) is 5.14. The van der Waals surface area contributed by atoms with Gasteiger partial charge in [-0.05, 0) is 64.0 Å². The second-order valence-corrected chi connectivity index (χ2v) is 5.20. The Morgan fingerprint density at radius 1 is 1.44 bits per heavy atom. The van der Waals surface area contributed by atoms with Crippen LogP contribution in [0.2, 0.25) is 0 Å². The zero-order valence-electron chi connectivity index (χ0n) is 11.6. The summed E-state index contributed by atoms with van der Waals surface area (Å²) in [5.74, 6) is 0.685. The zero-order valence-corrected chi connectivity index (χ0v) is 11.6. The molecule has 1 aliphatic rings. The van der Waals surface area contributed by atoms with Crippen molar-refractivity contribution < 1.29 is 0 Å². The van der Waals surface area contributed by atoms with E-state index in [1.807, 2.05) is 19.3 Å². The standard InChI is InChI=1S/C15H25N3/c1-3-10-18-11-6-7-13(12-16-2)15(18)14-8-4-5-9-17-14/h4-5,8-9,13,15-16H,3,6-7,10-12H2,1-2H3. The molecule has 18 heavy (non-hydrogen) atoms. The van der Waals surface area contributed by atoms with E-state index in [4.69, 9.17) is 0 Å². The molecule has 100 valence electrons. The van der Waals surface area contributed by atoms with Crippen LogP contribution in [-0.2, 0) is 0 Å². The SMILES string of the molecule is CCCN1CCCC(CNC)C1c1ccccn1. The molecule has 0 aliphatic carbocycles. The van der Waals surface area contributed by atoms with Gasteiger partial charge in [0.25, 0.3) is 0 Å². The van der Waals surface area contributed by atoms with Crippen LogP contribution in [0.25, 0.3) is 0 Å². The third-order valence-corrected chi connectivity index (χ3v) is 3.83. The van der Waals surface area contributed by atoms with Gasteiger partial charge in [-0.1, -0.05) is 13.0 Å². The number of nitrogens with zero attached hydrogens (tertiary/aromatic N) is 2. The number of nitrogens with one attached hydrogen (secondary N) is 1. The molecule has 1 aromatic heterocycles. The zero-order chi connectivity index (χ0) is 12.8. The summed E-state index contributed by atoms with van der Waals surface area (Å²) in [4.78, 5) is 7.22. The van der Waals surface area contributed by atoms with Crippen molar-refractivity contribution in [2.75, 3.05) is 26.7 Å². The summed E-state index contributed by atoms with van der Waals surface area (Å²) in [6.45, 7) is 5.75. The maximum atomic E-state index is 4.60. The van der Waals surface area contributed by atoms with Crippen molar-refractivity contribution in [3.63, 3.8) is 0 Å². The molecular formula is C15H25N3. The van der Waals surface area contributed by atoms with E-state index in [9.17, 15) is 0 Å². The van der Waals surface area contributed by atoms with Crippen LogP contribution in [0.15, 0.2) is 24.4 Å². The largest absolute Gasteiger partial charge is 0.319 e. The number of hydrogen-bond acceptors (Lipinski definition) is 3. The van der Waals surface area contributed by atoms with E-state index in [0.717, 1.165) is 6.54 Å². The fourth-order valence-electron chi connectivity index (χ4n) is 3.15. The summed E-state index contributed by atoms with van der Waals surface area (Å²) in [5.41, 5.74) is 1.24. The fraction of sp³-hybridized carbons (Fsp3) is 0.667. The summed E-state index contributed by atoms with van der Waals surface area (Å²) in [5, 5.41) is 3.35. The number of piperidine rings is 1. The molecule has 3 nitrogen and oxygen atoms in total. The van der Waals surface area contributed by atoms with Gasteiger partial charge in [-0.3, -0.25) is 9.88 Å². The molecule has 2 heterocycles. The van der Waals surface area contributed by atoms with Crippen molar-refractivity contribution in [3.05, 3.63) is 30.1 Å². The van der Waals surface area contributed by atoms with Crippen LogP contribution < -0.4 is 5.32 Å². The van der Waals surface area contributed by atoms with Crippen LogP contribution in [0, 0.1) is 5.92 Å². The number of rotatable bonds is 5. The van der Waals surface area contributed by atoms with Crippen LogP contribution in [-0.4, -0.2) is 36.6 Å². The maximum absolute atomic E-state index is 4.60. The molecule has 0 aromatic carbocycles. The van der Waals surface area contributed by atoms with E-state index >= 15 is 0 Å². The Hall–Kier alpha value is -0.930. The van der Waals surface area contributed by atoms with Gasteiger partial charge in [-0.15, -0.1) is 0 Å². The van der Waals surface area contributed by atoms with E-state index in [-0.39, 0.29) is 0 Å². The van der Waals surface area contributed by atoms with Crippen LogP contribution in [0.5, 0.6) is 0 Å². The lowest BCUT2D eigenvalue weighted by Crippen LogP contribution is -2.42. The van der Waals surface area contributed by atoms with Gasteiger partial charge in [0, 0.05) is 6.20 Å². The van der Waals surface area contributed by atoms with Gasteiger partial charge in [0.05, 0.1) is 11.7 Å². The molecule has 0 spiro atoms. The molecule has 0 radical (unpaired) electrons. The van der Waals surface area contributed by atoms with Gasteiger partial charge in [0.15, 0.2) is 0 Å². The van der Waals surface area contributed by atoms with Crippen LogP contribution in [0.1, 0.15) is 37.9 Å². The third-order valence-electron chi connectivity index (χ3n) is 3.83. The van der Waals surface area contributed by atoms with Gasteiger partial charge in [-0.25, -0.2) is 0 Å². The highest BCUT2D eigenvalue weighted by Crippen LogP contribution is 2.34. The lowest BCUT2D eigenvalue weighted by molar-refractivity contribution is 0.0895. The Balaban J connectivity index is 2.20. The monoisotopic (exact) mass is 247 g/mol. The molecule has 2 atom stereocenters. The molecule has 0 bridgehead atoms. The Morgan fingerprint density at radius 3 is 3.00 bits per heavy atom. The molecule has 1 saturated heterocycles. The predicted octanol–water partition coefficient (Wildman–Crippen LogP) is 2.46. The smallest absolute Gasteiger partial charge is 0.0578 e. The van der Waals surface area contributed by atoms with Gasteiger partial charge in [0.2, 0.25) is 0 Å². The summed E-state index contributed by atoms with van der Waals surface area (Å²) in [6.07, 6.45) is 5.76. The number of aromatic nitrogens is 1. The molecule has 2 unspecified atom stereocenters. The van der Waals surface area contributed by atoms with Crippen LogP contribution >= 0.6 is 0 Å². The molecule has 0 amide bonds. The first-order valence-corrected chi connectivity index (χ1v) is 7.16. The van der Waals surface area contributed by atoms with Gasteiger partial charge >= 0.3 is 0 Å². The van der Waals surface area contributed by atoms with E-state index < -0.39 is 0 Å². The Bertz CT molecular complexity index is 321. The molecular weight excluding hydrogens is 222 g/mol. The fourth-order valence-corrected chi connectivity index (χ4v) is 3.15. The number of hydrogen-bond donors (Lipinski definition) is 1. The van der Waals surface area contributed by atoms with Gasteiger partial charge < -0.3 is 5.32 Å². The second-order valence-electron chi connectivity index (χ2n) is 5.20. The predicted molar refractivity (Wildman–Crippen MR) is 75.5 cm³/mol. The highest BCUT2D eigenvalue weighted by molar-refractivity contribution is 5.11. The highest BCUT2D eigenvalue weighted by atomic mass is 15.2. The van der Waals surface area contributed by atoms with Crippen molar-refractivity contribution in [3.8, 4) is 0 Å². The minimum atomic E-state index is 0.493. The summed E-state index contributed by atoms with van der Waals surface area (Å²) in [6, 6.07) is 6.79. The summed E-state index contributed by atoms with van der Waals surface area (Å²) >= 11 is 0. The first-order chi connectivity index (χ1) is 8.86. The number of pyridine rings is 1. The Labute approximate surface area is 111 Å². The van der Waals surface area contributed by atoms with E-state index in [1.165, 1.54) is 38.0 Å². The summed E-state index contributed by atoms with van der Waals surface area (Å²) in [7, 11) is 2.05. The average molecular weight is 247 g/mol. The van der Waals surface area contributed by atoms with Crippen LogP contribution in [0.3, 0.4) is 0 Å². The van der Waals surface area contributed by atoms with E-state index in [0.29, 0.717) is 12.0 Å². The molecule has 3 heteroatoms. The lowest BCUT2D eigenvalue weighted by atomic mass is 9.86. The van der Waals surface area contributed by atoms with E-state index in [2.05, 4.69) is 34.3 Å². The van der Waals surface area contributed by atoms with Crippen molar-refractivity contribution >= 4 is 0 Å². The quantitative estimate of drug-likeness (QED) is 0.866. The first-order valence-electron chi connectivity index (χ1n) is 7.16. The normalized spacial score (nSPS) is 25.2. The number of likely N-dealkylation sites (tertiary alicyclic amines) is 1. The first kappa shape index (κ1) is 13.5. The van der Waals surface area contributed by atoms with Gasteiger partial charge in [-0.2, -0.15) is 0 Å². The van der Waals surface area contributed by atoms with Crippen molar-refractivity contribution in [2.24, 2.45) is 5.92 Å². The summed E-state index contributed by atoms with van der Waals surface area (Å²) < 4.78 is 0. The van der Waals surface area contributed by atoms with Crippen molar-refractivity contribution in [1.29, 1.82) is 0 Å². The topological polar surface area (TPSA) is 28.2 Å². The minimum Gasteiger partial charge on any atom is -0.319 e. The molecule has 1 aromatic rings. The maximum Gasteiger partial charge on any atom is 0.0578 e. The van der Waals surface area contributed by atoms with Gasteiger partial charge in [0.1, 0.15) is 0 Å². The van der Waals surface area contributed by atoms with Crippen molar-refractivity contribution in [1.82, 2.24) is 15.2 Å².